The van der Waals surface area contributed by atoms with Gasteiger partial charge in [-0.05, 0) is 20.8 Å². The van der Waals surface area contributed by atoms with E-state index in [1.54, 1.807) is 0 Å². The van der Waals surface area contributed by atoms with Gasteiger partial charge in [0.15, 0.2) is 5.96 Å². The van der Waals surface area contributed by atoms with E-state index in [9.17, 15) is 0 Å². The first-order chi connectivity index (χ1) is 6.14. The molecule has 0 fully saturated rings. The molecule has 0 saturated heterocycles. The first-order valence-electron chi connectivity index (χ1n) is 4.79. The predicted octanol–water partition coefficient (Wildman–Crippen LogP) is 0.432. The summed E-state index contributed by atoms with van der Waals surface area (Å²) in [6.45, 7) is 9.28. The maximum atomic E-state index is 5.76. The number of rotatable bonds is 4. The number of nitrogens with two attached hydrogens (primary N) is 1. The Kier molecular flexibility index (Phi) is 3.14. The summed E-state index contributed by atoms with van der Waals surface area (Å²) < 4.78 is 5.43. The van der Waals surface area contributed by atoms with Gasteiger partial charge in [0.2, 0.25) is 0 Å². The largest absolute Gasteiger partial charge is 0.379 e. The van der Waals surface area contributed by atoms with E-state index in [0.29, 0.717) is 12.6 Å². The standard InChI is InChI=1S/C9H19N3O/c1-4-12-8(10)11-6-9(12,3)7-13-5-2/h4-7H2,1-3H3,(H2,10,11). The maximum Gasteiger partial charge on any atom is 0.191 e. The summed E-state index contributed by atoms with van der Waals surface area (Å²) in [6, 6.07) is 0. The van der Waals surface area contributed by atoms with Crippen LogP contribution in [0.2, 0.25) is 0 Å². The Morgan fingerprint density at radius 1 is 1.62 bits per heavy atom. The lowest BCUT2D eigenvalue weighted by molar-refractivity contribution is 0.0546. The zero-order chi connectivity index (χ0) is 9.90. The topological polar surface area (TPSA) is 50.9 Å². The van der Waals surface area contributed by atoms with Crippen molar-refractivity contribution in [1.29, 1.82) is 0 Å². The van der Waals surface area contributed by atoms with E-state index in [1.807, 2.05) is 6.92 Å². The molecular weight excluding hydrogens is 166 g/mol. The van der Waals surface area contributed by atoms with Crippen molar-refractivity contribution in [3.05, 3.63) is 0 Å². The Bertz CT molecular complexity index is 205. The normalized spacial score (nSPS) is 27.9. The molecule has 0 aromatic rings. The maximum absolute atomic E-state index is 5.76. The van der Waals surface area contributed by atoms with Crippen LogP contribution in [0.3, 0.4) is 0 Å². The van der Waals surface area contributed by atoms with Crippen molar-refractivity contribution in [3.63, 3.8) is 0 Å². The molecule has 0 aliphatic carbocycles. The van der Waals surface area contributed by atoms with Crippen molar-refractivity contribution in [2.75, 3.05) is 26.3 Å². The quantitative estimate of drug-likeness (QED) is 0.691. The summed E-state index contributed by atoms with van der Waals surface area (Å²) in [6.07, 6.45) is 0. The lowest BCUT2D eigenvalue weighted by Gasteiger charge is -2.34. The van der Waals surface area contributed by atoms with Gasteiger partial charge in [-0.15, -0.1) is 0 Å². The van der Waals surface area contributed by atoms with Gasteiger partial charge in [-0.1, -0.05) is 0 Å². The first-order valence-corrected chi connectivity index (χ1v) is 4.79. The second-order valence-corrected chi connectivity index (χ2v) is 3.55. The van der Waals surface area contributed by atoms with Crippen LogP contribution in [0.4, 0.5) is 0 Å². The predicted molar refractivity (Wildman–Crippen MR) is 53.8 cm³/mol. The third kappa shape index (κ3) is 1.94. The summed E-state index contributed by atoms with van der Waals surface area (Å²) >= 11 is 0. The van der Waals surface area contributed by atoms with Crippen LogP contribution in [-0.2, 0) is 4.74 Å². The molecule has 0 radical (unpaired) electrons. The van der Waals surface area contributed by atoms with Gasteiger partial charge in [0.25, 0.3) is 0 Å². The fourth-order valence-electron chi connectivity index (χ4n) is 1.69. The van der Waals surface area contributed by atoms with Gasteiger partial charge in [-0.3, -0.25) is 4.99 Å². The van der Waals surface area contributed by atoms with E-state index in [-0.39, 0.29) is 5.54 Å². The number of guanidine groups is 1. The minimum Gasteiger partial charge on any atom is -0.379 e. The van der Waals surface area contributed by atoms with Crippen molar-refractivity contribution in [1.82, 2.24) is 4.90 Å². The SMILES string of the molecule is CCOCC1(C)CN=C(N)N1CC. The highest BCUT2D eigenvalue weighted by molar-refractivity contribution is 5.80. The zero-order valence-corrected chi connectivity index (χ0v) is 8.71. The summed E-state index contributed by atoms with van der Waals surface area (Å²) in [4.78, 5) is 6.33. The fourth-order valence-corrected chi connectivity index (χ4v) is 1.69. The average Bonchev–Trinajstić information content (AvgIpc) is 2.40. The van der Waals surface area contributed by atoms with E-state index >= 15 is 0 Å². The van der Waals surface area contributed by atoms with Gasteiger partial charge in [-0.2, -0.15) is 0 Å². The molecule has 1 atom stereocenters. The molecule has 4 heteroatoms. The van der Waals surface area contributed by atoms with Crippen LogP contribution in [0.25, 0.3) is 0 Å². The van der Waals surface area contributed by atoms with E-state index in [2.05, 4.69) is 23.7 Å². The molecular formula is C9H19N3O. The van der Waals surface area contributed by atoms with Crippen molar-refractivity contribution in [2.45, 2.75) is 26.3 Å². The molecule has 1 aliphatic rings. The molecule has 1 rings (SSSR count). The van der Waals surface area contributed by atoms with Crippen molar-refractivity contribution in [2.24, 2.45) is 10.7 Å². The molecule has 2 N–H and O–H groups in total. The van der Waals surface area contributed by atoms with Crippen molar-refractivity contribution in [3.8, 4) is 0 Å². The van der Waals surface area contributed by atoms with Crippen molar-refractivity contribution >= 4 is 5.96 Å². The highest BCUT2D eigenvalue weighted by atomic mass is 16.5. The summed E-state index contributed by atoms with van der Waals surface area (Å²) in [7, 11) is 0. The molecule has 1 heterocycles. The van der Waals surface area contributed by atoms with E-state index in [1.165, 1.54) is 0 Å². The minimum absolute atomic E-state index is 0.0329. The zero-order valence-electron chi connectivity index (χ0n) is 8.71. The fraction of sp³-hybridized carbons (Fsp3) is 0.889. The van der Waals surface area contributed by atoms with E-state index < -0.39 is 0 Å². The highest BCUT2D eigenvalue weighted by Gasteiger charge is 2.36. The van der Waals surface area contributed by atoms with Crippen LogP contribution in [0.1, 0.15) is 20.8 Å². The van der Waals surface area contributed by atoms with Crippen LogP contribution in [-0.4, -0.2) is 42.7 Å². The molecule has 0 saturated carbocycles. The third-order valence-electron chi connectivity index (χ3n) is 2.44. The molecule has 4 nitrogen and oxygen atoms in total. The monoisotopic (exact) mass is 185 g/mol. The average molecular weight is 185 g/mol. The molecule has 0 amide bonds. The second-order valence-electron chi connectivity index (χ2n) is 3.55. The number of nitrogens with zero attached hydrogens (tertiary/aromatic N) is 2. The van der Waals surface area contributed by atoms with Gasteiger partial charge < -0.3 is 15.4 Å². The van der Waals surface area contributed by atoms with Crippen LogP contribution < -0.4 is 5.73 Å². The van der Waals surface area contributed by atoms with Crippen molar-refractivity contribution < 1.29 is 4.74 Å². The van der Waals surface area contributed by atoms with E-state index in [4.69, 9.17) is 10.5 Å². The molecule has 0 aromatic heterocycles. The van der Waals surface area contributed by atoms with Gasteiger partial charge >= 0.3 is 0 Å². The lowest BCUT2D eigenvalue weighted by Crippen LogP contribution is -2.52. The number of likely N-dealkylation sites (N-methyl/N-ethyl adjacent to an activating group) is 1. The molecule has 1 aliphatic heterocycles. The van der Waals surface area contributed by atoms with Crippen LogP contribution in [0.15, 0.2) is 4.99 Å². The van der Waals surface area contributed by atoms with Gasteiger partial charge in [0.1, 0.15) is 0 Å². The van der Waals surface area contributed by atoms with Crippen LogP contribution >= 0.6 is 0 Å². The Balaban J connectivity index is 2.59. The molecule has 0 spiro atoms. The first kappa shape index (κ1) is 10.3. The molecule has 0 aromatic carbocycles. The van der Waals surface area contributed by atoms with Gasteiger partial charge in [-0.25, -0.2) is 0 Å². The summed E-state index contributed by atoms with van der Waals surface area (Å²) in [5.74, 6) is 0.643. The Hall–Kier alpha value is -0.770. The van der Waals surface area contributed by atoms with Gasteiger partial charge in [0, 0.05) is 13.2 Å². The van der Waals surface area contributed by atoms with Gasteiger partial charge in [0.05, 0.1) is 18.7 Å². The number of hydrogen-bond donors (Lipinski definition) is 1. The summed E-state index contributed by atoms with van der Waals surface area (Å²) in [5, 5.41) is 0. The second kappa shape index (κ2) is 3.96. The molecule has 76 valence electrons. The van der Waals surface area contributed by atoms with E-state index in [0.717, 1.165) is 19.7 Å². The Morgan fingerprint density at radius 3 is 2.85 bits per heavy atom. The highest BCUT2D eigenvalue weighted by Crippen LogP contribution is 2.21. The Labute approximate surface area is 79.8 Å². The third-order valence-corrected chi connectivity index (χ3v) is 2.44. The Morgan fingerprint density at radius 2 is 2.31 bits per heavy atom. The summed E-state index contributed by atoms with van der Waals surface area (Å²) in [5.41, 5.74) is 5.72. The molecule has 0 bridgehead atoms. The van der Waals surface area contributed by atoms with Crippen LogP contribution in [0, 0.1) is 0 Å². The number of hydrogen-bond acceptors (Lipinski definition) is 4. The van der Waals surface area contributed by atoms with Crippen LogP contribution in [0.5, 0.6) is 0 Å². The number of aliphatic imine (C=N–C) groups is 1. The smallest absolute Gasteiger partial charge is 0.191 e. The molecule has 13 heavy (non-hydrogen) atoms. The minimum atomic E-state index is -0.0329. The molecule has 1 unspecified atom stereocenters. The lowest BCUT2D eigenvalue weighted by atomic mass is 10.0. The number of ether oxygens (including phenoxy) is 1.